The van der Waals surface area contributed by atoms with Crippen molar-refractivity contribution in [2.75, 3.05) is 0 Å². The van der Waals surface area contributed by atoms with Gasteiger partial charge in [-0.05, 0) is 37.0 Å². The van der Waals surface area contributed by atoms with Gasteiger partial charge in [-0.2, -0.15) is 0 Å². The summed E-state index contributed by atoms with van der Waals surface area (Å²) in [7, 11) is 0. The van der Waals surface area contributed by atoms with E-state index in [9.17, 15) is 9.50 Å². The van der Waals surface area contributed by atoms with Crippen LogP contribution in [0.2, 0.25) is 5.02 Å². The smallest absolute Gasteiger partial charge is 0.124 e. The Morgan fingerprint density at radius 1 is 1.35 bits per heavy atom. The van der Waals surface area contributed by atoms with Gasteiger partial charge < -0.3 is 10.4 Å². The number of hydrogen-bond donors (Lipinski definition) is 2. The number of aliphatic hydroxyl groups is 1. The van der Waals surface area contributed by atoms with E-state index in [0.29, 0.717) is 11.1 Å². The summed E-state index contributed by atoms with van der Waals surface area (Å²) >= 11 is 6.07. The van der Waals surface area contributed by atoms with Crippen LogP contribution >= 0.6 is 11.6 Å². The SMILES string of the molecule is O[C@@H]1[C@@H]2CCC(C[C@H]1c1ccc(F)cc1Cl)N2. The Kier molecular flexibility index (Phi) is 2.85. The van der Waals surface area contributed by atoms with Gasteiger partial charge >= 0.3 is 0 Å². The molecule has 4 heteroatoms. The van der Waals surface area contributed by atoms with E-state index in [1.165, 1.54) is 12.1 Å². The van der Waals surface area contributed by atoms with Gasteiger partial charge in [0.15, 0.2) is 0 Å². The molecule has 1 aromatic rings. The lowest BCUT2D eigenvalue weighted by Crippen LogP contribution is -2.47. The predicted octanol–water partition coefficient (Wildman–Crippen LogP) is 2.45. The molecular weight excluding hydrogens is 241 g/mol. The Morgan fingerprint density at radius 3 is 2.94 bits per heavy atom. The average Bonchev–Trinajstić information content (AvgIpc) is 2.69. The van der Waals surface area contributed by atoms with E-state index in [4.69, 9.17) is 11.6 Å². The van der Waals surface area contributed by atoms with Gasteiger partial charge in [0, 0.05) is 23.0 Å². The van der Waals surface area contributed by atoms with Gasteiger partial charge in [-0.15, -0.1) is 0 Å². The summed E-state index contributed by atoms with van der Waals surface area (Å²) in [6, 6.07) is 5.08. The topological polar surface area (TPSA) is 32.3 Å². The van der Waals surface area contributed by atoms with Crippen molar-refractivity contribution in [1.82, 2.24) is 5.32 Å². The Bertz CT molecular complexity index is 439. The molecule has 17 heavy (non-hydrogen) atoms. The number of aliphatic hydroxyl groups excluding tert-OH is 1. The molecule has 2 aliphatic rings. The van der Waals surface area contributed by atoms with Gasteiger partial charge in [0.1, 0.15) is 5.82 Å². The quantitative estimate of drug-likeness (QED) is 0.808. The lowest BCUT2D eigenvalue weighted by Gasteiger charge is -2.35. The Balaban J connectivity index is 1.93. The van der Waals surface area contributed by atoms with Crippen LogP contribution in [0.4, 0.5) is 4.39 Å². The second-order valence-electron chi connectivity index (χ2n) is 5.05. The molecular formula is C13H15ClFNO. The molecule has 0 aromatic heterocycles. The highest BCUT2D eigenvalue weighted by Gasteiger charge is 2.41. The highest BCUT2D eigenvalue weighted by atomic mass is 35.5. The summed E-state index contributed by atoms with van der Waals surface area (Å²) < 4.78 is 13.0. The maximum atomic E-state index is 13.0. The number of piperidine rings is 1. The summed E-state index contributed by atoms with van der Waals surface area (Å²) in [5.41, 5.74) is 0.874. The van der Waals surface area contributed by atoms with Crippen LogP contribution in [0.3, 0.4) is 0 Å². The number of benzene rings is 1. The van der Waals surface area contributed by atoms with Crippen LogP contribution in [0.25, 0.3) is 0 Å². The molecule has 0 spiro atoms. The number of nitrogens with one attached hydrogen (secondary N) is 1. The highest BCUT2D eigenvalue weighted by molar-refractivity contribution is 6.31. The second-order valence-corrected chi connectivity index (χ2v) is 5.45. The van der Waals surface area contributed by atoms with Gasteiger partial charge in [0.25, 0.3) is 0 Å². The number of halogens is 2. The molecule has 2 saturated heterocycles. The second kappa shape index (κ2) is 4.23. The zero-order valence-electron chi connectivity index (χ0n) is 9.37. The van der Waals surface area contributed by atoms with E-state index in [1.54, 1.807) is 6.07 Å². The maximum absolute atomic E-state index is 13.0. The predicted molar refractivity (Wildman–Crippen MR) is 64.7 cm³/mol. The van der Waals surface area contributed by atoms with Gasteiger partial charge in [-0.25, -0.2) is 4.39 Å². The van der Waals surface area contributed by atoms with Crippen molar-refractivity contribution in [1.29, 1.82) is 0 Å². The fourth-order valence-corrected chi connectivity index (χ4v) is 3.45. The van der Waals surface area contributed by atoms with Gasteiger partial charge in [-0.1, -0.05) is 17.7 Å². The van der Waals surface area contributed by atoms with Crippen LogP contribution in [-0.4, -0.2) is 23.3 Å². The molecule has 0 amide bonds. The van der Waals surface area contributed by atoms with Crippen molar-refractivity contribution in [3.63, 3.8) is 0 Å². The first-order chi connectivity index (χ1) is 8.15. The van der Waals surface area contributed by atoms with E-state index >= 15 is 0 Å². The molecule has 0 aliphatic carbocycles. The third-order valence-corrected chi connectivity index (χ3v) is 4.33. The molecule has 2 aliphatic heterocycles. The minimum Gasteiger partial charge on any atom is -0.391 e. The number of rotatable bonds is 1. The van der Waals surface area contributed by atoms with Crippen molar-refractivity contribution >= 4 is 11.6 Å². The van der Waals surface area contributed by atoms with E-state index in [-0.39, 0.29) is 17.8 Å². The summed E-state index contributed by atoms with van der Waals surface area (Å²) in [5.74, 6) is -0.299. The molecule has 2 nitrogen and oxygen atoms in total. The largest absolute Gasteiger partial charge is 0.391 e. The molecule has 92 valence electrons. The Morgan fingerprint density at radius 2 is 2.18 bits per heavy atom. The Labute approximate surface area is 105 Å². The van der Waals surface area contributed by atoms with Crippen molar-refractivity contribution < 1.29 is 9.50 Å². The highest BCUT2D eigenvalue weighted by Crippen LogP contribution is 2.39. The van der Waals surface area contributed by atoms with Crippen LogP contribution in [0.1, 0.15) is 30.7 Å². The molecule has 3 rings (SSSR count). The van der Waals surface area contributed by atoms with Crippen LogP contribution in [0.5, 0.6) is 0 Å². The lowest BCUT2D eigenvalue weighted by molar-refractivity contribution is 0.0807. The third kappa shape index (κ3) is 1.96. The molecule has 2 N–H and O–H groups in total. The van der Waals surface area contributed by atoms with Gasteiger partial charge in [0.05, 0.1) is 6.10 Å². The van der Waals surface area contributed by atoms with Crippen LogP contribution < -0.4 is 5.32 Å². The molecule has 1 aromatic carbocycles. The normalized spacial score (nSPS) is 36.2. The molecule has 1 unspecified atom stereocenters. The van der Waals surface area contributed by atoms with Crippen LogP contribution in [0.15, 0.2) is 18.2 Å². The summed E-state index contributed by atoms with van der Waals surface area (Å²) in [5, 5.41) is 14.1. The lowest BCUT2D eigenvalue weighted by atomic mass is 9.84. The van der Waals surface area contributed by atoms with E-state index in [1.807, 2.05) is 0 Å². The Hall–Kier alpha value is -0.640. The average molecular weight is 256 g/mol. The van der Waals surface area contributed by atoms with Crippen LogP contribution in [0, 0.1) is 5.82 Å². The van der Waals surface area contributed by atoms with E-state index in [2.05, 4.69) is 5.32 Å². The fraction of sp³-hybridized carbons (Fsp3) is 0.538. The maximum Gasteiger partial charge on any atom is 0.124 e. The summed E-state index contributed by atoms with van der Waals surface area (Å²) in [4.78, 5) is 0. The van der Waals surface area contributed by atoms with E-state index < -0.39 is 6.10 Å². The number of hydrogen-bond acceptors (Lipinski definition) is 2. The zero-order chi connectivity index (χ0) is 12.0. The molecule has 4 atom stereocenters. The number of fused-ring (bicyclic) bond motifs is 2. The van der Waals surface area contributed by atoms with E-state index in [0.717, 1.165) is 24.8 Å². The molecule has 2 fully saturated rings. The molecule has 2 bridgehead atoms. The molecule has 2 heterocycles. The van der Waals surface area contributed by atoms with Crippen molar-refractivity contribution in [3.8, 4) is 0 Å². The summed E-state index contributed by atoms with van der Waals surface area (Å²) in [6.07, 6.45) is 2.58. The molecule has 0 radical (unpaired) electrons. The standard InChI is InChI=1S/C13H15ClFNO/c14-11-5-7(15)1-3-9(11)10-6-8-2-4-12(16-8)13(10)17/h1,3,5,8,10,12-13,16-17H,2,4,6H2/t8?,10-,12-,13-/m0/s1. The van der Waals surface area contributed by atoms with Crippen molar-refractivity contribution in [2.24, 2.45) is 0 Å². The summed E-state index contributed by atoms with van der Waals surface area (Å²) in [6.45, 7) is 0. The monoisotopic (exact) mass is 255 g/mol. The van der Waals surface area contributed by atoms with Crippen molar-refractivity contribution in [2.45, 2.75) is 43.4 Å². The van der Waals surface area contributed by atoms with Gasteiger partial charge in [-0.3, -0.25) is 0 Å². The first kappa shape index (κ1) is 11.5. The fourth-order valence-electron chi connectivity index (χ4n) is 3.14. The van der Waals surface area contributed by atoms with Crippen molar-refractivity contribution in [3.05, 3.63) is 34.6 Å². The van der Waals surface area contributed by atoms with Crippen LogP contribution in [-0.2, 0) is 0 Å². The minimum absolute atomic E-state index is 0.0295. The first-order valence-electron chi connectivity index (χ1n) is 6.04. The first-order valence-corrected chi connectivity index (χ1v) is 6.42. The third-order valence-electron chi connectivity index (χ3n) is 4.00. The zero-order valence-corrected chi connectivity index (χ0v) is 10.1. The van der Waals surface area contributed by atoms with Gasteiger partial charge in [0.2, 0.25) is 0 Å². The molecule has 0 saturated carbocycles. The minimum atomic E-state index is -0.420.